The first-order chi connectivity index (χ1) is 11.3. The lowest BCUT2D eigenvalue weighted by molar-refractivity contribution is -0.0596. The molecule has 0 radical (unpaired) electrons. The van der Waals surface area contributed by atoms with Crippen molar-refractivity contribution in [1.82, 2.24) is 10.6 Å². The smallest absolute Gasteiger partial charge is 0.315 e. The summed E-state index contributed by atoms with van der Waals surface area (Å²) in [4.78, 5) is 12.2. The summed E-state index contributed by atoms with van der Waals surface area (Å²) in [7, 11) is 0. The molecular weight excluding hydrogens is 292 g/mol. The minimum absolute atomic E-state index is 0.00159. The van der Waals surface area contributed by atoms with Gasteiger partial charge in [0.15, 0.2) is 0 Å². The SMILES string of the molecule is O=C(NC1CCCC1)N[C@@H]1COCC[C@@H]1OCc1ccccc1. The summed E-state index contributed by atoms with van der Waals surface area (Å²) in [6, 6.07) is 10.2. The van der Waals surface area contributed by atoms with E-state index in [9.17, 15) is 4.79 Å². The maximum atomic E-state index is 12.2. The van der Waals surface area contributed by atoms with E-state index in [1.807, 2.05) is 18.2 Å². The average Bonchev–Trinajstić information content (AvgIpc) is 3.08. The highest BCUT2D eigenvalue weighted by molar-refractivity contribution is 5.74. The number of carbonyl (C=O) groups excluding carboxylic acids is 1. The van der Waals surface area contributed by atoms with E-state index in [0.29, 0.717) is 25.9 Å². The van der Waals surface area contributed by atoms with Gasteiger partial charge in [-0.1, -0.05) is 43.2 Å². The van der Waals surface area contributed by atoms with Crippen LogP contribution in [0.3, 0.4) is 0 Å². The normalized spacial score (nSPS) is 25.2. The Labute approximate surface area is 137 Å². The molecule has 2 N–H and O–H groups in total. The lowest BCUT2D eigenvalue weighted by Crippen LogP contribution is -2.54. The first kappa shape index (κ1) is 16.3. The minimum Gasteiger partial charge on any atom is -0.379 e. The summed E-state index contributed by atoms with van der Waals surface area (Å²) in [5.74, 6) is 0. The minimum atomic E-state index is -0.0966. The number of amides is 2. The molecule has 2 aliphatic rings. The molecule has 1 saturated carbocycles. The predicted octanol–water partition coefficient (Wildman–Crippen LogP) is 2.60. The topological polar surface area (TPSA) is 59.6 Å². The Morgan fingerprint density at radius 2 is 1.91 bits per heavy atom. The quantitative estimate of drug-likeness (QED) is 0.877. The van der Waals surface area contributed by atoms with Crippen LogP contribution in [0.15, 0.2) is 30.3 Å². The highest BCUT2D eigenvalue weighted by atomic mass is 16.5. The van der Waals surface area contributed by atoms with Gasteiger partial charge in [0.2, 0.25) is 0 Å². The van der Waals surface area contributed by atoms with E-state index in [1.165, 1.54) is 12.8 Å². The predicted molar refractivity (Wildman–Crippen MR) is 88.2 cm³/mol. The number of nitrogens with one attached hydrogen (secondary N) is 2. The number of rotatable bonds is 5. The van der Waals surface area contributed by atoms with Crippen LogP contribution in [0, 0.1) is 0 Å². The summed E-state index contributed by atoms with van der Waals surface area (Å²) in [6.45, 7) is 1.76. The highest BCUT2D eigenvalue weighted by Crippen LogP contribution is 2.18. The Morgan fingerprint density at radius 3 is 2.70 bits per heavy atom. The summed E-state index contributed by atoms with van der Waals surface area (Å²) in [6.07, 6.45) is 5.39. The molecule has 3 rings (SSSR count). The van der Waals surface area contributed by atoms with Crippen LogP contribution >= 0.6 is 0 Å². The molecule has 5 nitrogen and oxygen atoms in total. The second-order valence-corrected chi connectivity index (χ2v) is 6.40. The first-order valence-electron chi connectivity index (χ1n) is 8.61. The number of benzene rings is 1. The first-order valence-corrected chi connectivity index (χ1v) is 8.61. The van der Waals surface area contributed by atoms with E-state index in [2.05, 4.69) is 22.8 Å². The molecule has 126 valence electrons. The molecule has 1 heterocycles. The van der Waals surface area contributed by atoms with Crippen molar-refractivity contribution in [2.24, 2.45) is 0 Å². The molecule has 0 unspecified atom stereocenters. The standard InChI is InChI=1S/C18H26N2O3/c21-18(19-15-8-4-5-9-15)20-16-13-22-11-10-17(16)23-12-14-6-2-1-3-7-14/h1-3,6-7,15-17H,4-5,8-13H2,(H2,19,20,21)/t16-,17+/m1/s1. The number of urea groups is 1. The fourth-order valence-electron chi connectivity index (χ4n) is 3.30. The van der Waals surface area contributed by atoms with Gasteiger partial charge in [-0.2, -0.15) is 0 Å². The zero-order chi connectivity index (χ0) is 15.9. The molecule has 0 spiro atoms. The third-order valence-corrected chi connectivity index (χ3v) is 4.61. The summed E-state index contributed by atoms with van der Waals surface area (Å²) < 4.78 is 11.5. The number of ether oxygens (including phenoxy) is 2. The van der Waals surface area contributed by atoms with Crippen molar-refractivity contribution < 1.29 is 14.3 Å². The van der Waals surface area contributed by atoms with E-state index in [4.69, 9.17) is 9.47 Å². The van der Waals surface area contributed by atoms with Crippen molar-refractivity contribution in [3.63, 3.8) is 0 Å². The molecule has 1 aromatic carbocycles. The Morgan fingerprint density at radius 1 is 1.13 bits per heavy atom. The molecular formula is C18H26N2O3. The van der Waals surface area contributed by atoms with Crippen LogP contribution in [0.2, 0.25) is 0 Å². The van der Waals surface area contributed by atoms with Crippen LogP contribution in [0.1, 0.15) is 37.7 Å². The highest BCUT2D eigenvalue weighted by Gasteiger charge is 2.28. The molecule has 2 amide bonds. The second-order valence-electron chi connectivity index (χ2n) is 6.40. The Balaban J connectivity index is 1.48. The van der Waals surface area contributed by atoms with E-state index in [0.717, 1.165) is 24.8 Å². The maximum Gasteiger partial charge on any atom is 0.315 e. The molecule has 5 heteroatoms. The van der Waals surface area contributed by atoms with Gasteiger partial charge >= 0.3 is 6.03 Å². The molecule has 2 fully saturated rings. The Kier molecular flexibility index (Phi) is 5.88. The lowest BCUT2D eigenvalue weighted by Gasteiger charge is -2.32. The molecule has 1 aromatic rings. The molecule has 1 saturated heterocycles. The van der Waals surface area contributed by atoms with Gasteiger partial charge in [-0.3, -0.25) is 0 Å². The van der Waals surface area contributed by atoms with Crippen LogP contribution in [0.25, 0.3) is 0 Å². The van der Waals surface area contributed by atoms with Crippen molar-refractivity contribution in [2.75, 3.05) is 13.2 Å². The van der Waals surface area contributed by atoms with Crippen LogP contribution in [0.5, 0.6) is 0 Å². The van der Waals surface area contributed by atoms with Crippen LogP contribution < -0.4 is 10.6 Å². The van der Waals surface area contributed by atoms with Gasteiger partial charge < -0.3 is 20.1 Å². The Bertz CT molecular complexity index is 488. The third-order valence-electron chi connectivity index (χ3n) is 4.61. The van der Waals surface area contributed by atoms with Gasteiger partial charge in [0.1, 0.15) is 0 Å². The molecule has 0 aromatic heterocycles. The van der Waals surface area contributed by atoms with Gasteiger partial charge in [0.05, 0.1) is 25.4 Å². The average molecular weight is 318 g/mol. The molecule has 2 atom stereocenters. The fraction of sp³-hybridized carbons (Fsp3) is 0.611. The van der Waals surface area contributed by atoms with Crippen molar-refractivity contribution in [3.05, 3.63) is 35.9 Å². The van der Waals surface area contributed by atoms with Gasteiger partial charge in [-0.25, -0.2) is 4.79 Å². The largest absolute Gasteiger partial charge is 0.379 e. The van der Waals surface area contributed by atoms with Crippen molar-refractivity contribution in [2.45, 2.75) is 56.9 Å². The summed E-state index contributed by atoms with van der Waals surface area (Å²) in [5.41, 5.74) is 1.15. The Hall–Kier alpha value is -1.59. The van der Waals surface area contributed by atoms with E-state index in [1.54, 1.807) is 0 Å². The van der Waals surface area contributed by atoms with Crippen molar-refractivity contribution >= 4 is 6.03 Å². The maximum absolute atomic E-state index is 12.2. The van der Waals surface area contributed by atoms with Gasteiger partial charge in [-0.15, -0.1) is 0 Å². The summed E-state index contributed by atoms with van der Waals surface area (Å²) in [5, 5.41) is 6.09. The zero-order valence-electron chi connectivity index (χ0n) is 13.5. The van der Waals surface area contributed by atoms with E-state index < -0.39 is 0 Å². The third kappa shape index (κ3) is 4.94. The van der Waals surface area contributed by atoms with Crippen molar-refractivity contribution in [3.8, 4) is 0 Å². The number of hydrogen-bond acceptors (Lipinski definition) is 3. The van der Waals surface area contributed by atoms with E-state index >= 15 is 0 Å². The number of hydrogen-bond donors (Lipinski definition) is 2. The molecule has 0 bridgehead atoms. The monoisotopic (exact) mass is 318 g/mol. The second kappa shape index (κ2) is 8.31. The van der Waals surface area contributed by atoms with Crippen LogP contribution in [-0.4, -0.2) is 37.4 Å². The lowest BCUT2D eigenvalue weighted by atomic mass is 10.1. The molecule has 1 aliphatic heterocycles. The molecule has 1 aliphatic carbocycles. The van der Waals surface area contributed by atoms with Crippen molar-refractivity contribution in [1.29, 1.82) is 0 Å². The van der Waals surface area contributed by atoms with E-state index in [-0.39, 0.29) is 18.2 Å². The van der Waals surface area contributed by atoms with Gasteiger partial charge in [-0.05, 0) is 24.8 Å². The van der Waals surface area contributed by atoms with Gasteiger partial charge in [0, 0.05) is 12.6 Å². The fourth-order valence-corrected chi connectivity index (χ4v) is 3.30. The van der Waals surface area contributed by atoms with Gasteiger partial charge in [0.25, 0.3) is 0 Å². The summed E-state index contributed by atoms with van der Waals surface area (Å²) >= 11 is 0. The zero-order valence-corrected chi connectivity index (χ0v) is 13.5. The van der Waals surface area contributed by atoms with Crippen LogP contribution in [-0.2, 0) is 16.1 Å². The molecule has 23 heavy (non-hydrogen) atoms. The number of carbonyl (C=O) groups is 1. The van der Waals surface area contributed by atoms with Crippen LogP contribution in [0.4, 0.5) is 4.79 Å².